The van der Waals surface area contributed by atoms with Crippen molar-refractivity contribution in [2.24, 2.45) is 0 Å². The summed E-state index contributed by atoms with van der Waals surface area (Å²) in [7, 11) is 0. The lowest BCUT2D eigenvalue weighted by Crippen LogP contribution is -2.00. The Morgan fingerprint density at radius 2 is 2.12 bits per heavy atom. The van der Waals surface area contributed by atoms with Crippen LogP contribution in [0, 0.1) is 10.5 Å². The molecule has 0 saturated heterocycles. The highest BCUT2D eigenvalue weighted by Gasteiger charge is 2.11. The van der Waals surface area contributed by atoms with Crippen molar-refractivity contribution in [3.8, 4) is 0 Å². The highest BCUT2D eigenvalue weighted by atomic mass is 127. The number of aromatic nitrogens is 1. The molecule has 0 saturated carbocycles. The standard InChI is InChI=1S/C14H13ClIN/c1-10-4-3-7-17-14(10)9-13(15)11-5-2-6-12(16)8-11/h2-8,13H,9H2,1H3. The Bertz CT molecular complexity index is 513. The lowest BCUT2D eigenvalue weighted by atomic mass is 10.0. The van der Waals surface area contributed by atoms with Crippen LogP contribution in [0.3, 0.4) is 0 Å². The first-order valence-corrected chi connectivity index (χ1v) is 6.98. The van der Waals surface area contributed by atoms with E-state index in [1.165, 1.54) is 9.13 Å². The van der Waals surface area contributed by atoms with E-state index in [1.54, 1.807) is 0 Å². The van der Waals surface area contributed by atoms with Gasteiger partial charge in [-0.05, 0) is 58.8 Å². The summed E-state index contributed by atoms with van der Waals surface area (Å²) in [5.74, 6) is 0. The molecule has 1 heterocycles. The minimum absolute atomic E-state index is 0.0154. The SMILES string of the molecule is Cc1cccnc1CC(Cl)c1cccc(I)c1. The van der Waals surface area contributed by atoms with E-state index in [-0.39, 0.29) is 5.38 Å². The summed E-state index contributed by atoms with van der Waals surface area (Å²) in [4.78, 5) is 4.38. The van der Waals surface area contributed by atoms with E-state index < -0.39 is 0 Å². The number of benzene rings is 1. The fourth-order valence-corrected chi connectivity index (χ4v) is 2.57. The van der Waals surface area contributed by atoms with Crippen molar-refractivity contribution in [2.45, 2.75) is 18.7 Å². The average Bonchev–Trinajstić information content (AvgIpc) is 2.32. The van der Waals surface area contributed by atoms with Crippen LogP contribution < -0.4 is 0 Å². The van der Waals surface area contributed by atoms with E-state index in [1.807, 2.05) is 18.3 Å². The molecular formula is C14H13ClIN. The number of hydrogen-bond acceptors (Lipinski definition) is 1. The summed E-state index contributed by atoms with van der Waals surface area (Å²) in [6.45, 7) is 2.07. The number of halogens is 2. The summed E-state index contributed by atoms with van der Waals surface area (Å²) < 4.78 is 1.21. The fraction of sp³-hybridized carbons (Fsp3) is 0.214. The van der Waals surface area contributed by atoms with Crippen molar-refractivity contribution in [3.63, 3.8) is 0 Å². The van der Waals surface area contributed by atoms with Gasteiger partial charge in [-0.25, -0.2) is 0 Å². The smallest absolute Gasteiger partial charge is 0.0641 e. The molecule has 3 heteroatoms. The first kappa shape index (κ1) is 12.8. The molecule has 1 unspecified atom stereocenters. The van der Waals surface area contributed by atoms with Crippen LogP contribution in [0.15, 0.2) is 42.6 Å². The molecule has 1 nitrogen and oxygen atoms in total. The predicted octanol–water partition coefficient (Wildman–Crippen LogP) is 4.52. The van der Waals surface area contributed by atoms with Crippen LogP contribution in [0.2, 0.25) is 0 Å². The van der Waals surface area contributed by atoms with Gasteiger partial charge < -0.3 is 0 Å². The van der Waals surface area contributed by atoms with Crippen LogP contribution in [0.5, 0.6) is 0 Å². The summed E-state index contributed by atoms with van der Waals surface area (Å²) in [5, 5.41) is -0.0154. The third-order valence-electron chi connectivity index (χ3n) is 2.70. The number of nitrogens with zero attached hydrogens (tertiary/aromatic N) is 1. The van der Waals surface area contributed by atoms with Crippen molar-refractivity contribution in [2.75, 3.05) is 0 Å². The van der Waals surface area contributed by atoms with Crippen LogP contribution in [-0.4, -0.2) is 4.98 Å². The van der Waals surface area contributed by atoms with E-state index in [4.69, 9.17) is 11.6 Å². The number of aryl methyl sites for hydroxylation is 1. The fourth-order valence-electron chi connectivity index (χ4n) is 1.72. The van der Waals surface area contributed by atoms with Gasteiger partial charge in [-0.1, -0.05) is 18.2 Å². The molecule has 0 amide bonds. The molecule has 0 radical (unpaired) electrons. The highest BCUT2D eigenvalue weighted by molar-refractivity contribution is 14.1. The number of pyridine rings is 1. The van der Waals surface area contributed by atoms with Gasteiger partial charge in [0, 0.05) is 21.9 Å². The van der Waals surface area contributed by atoms with E-state index in [9.17, 15) is 0 Å². The van der Waals surface area contributed by atoms with Gasteiger partial charge in [0.1, 0.15) is 0 Å². The zero-order chi connectivity index (χ0) is 12.3. The Balaban J connectivity index is 2.17. The van der Waals surface area contributed by atoms with Gasteiger partial charge in [0.05, 0.1) is 5.38 Å². The molecule has 0 fully saturated rings. The molecule has 88 valence electrons. The third-order valence-corrected chi connectivity index (χ3v) is 3.78. The maximum atomic E-state index is 6.44. The second-order valence-corrected chi connectivity index (χ2v) is 5.77. The Labute approximate surface area is 120 Å². The lowest BCUT2D eigenvalue weighted by molar-refractivity contribution is 0.869. The molecule has 1 atom stereocenters. The predicted molar refractivity (Wildman–Crippen MR) is 80.4 cm³/mol. The molecular weight excluding hydrogens is 345 g/mol. The van der Waals surface area contributed by atoms with Crippen molar-refractivity contribution >= 4 is 34.2 Å². The number of hydrogen-bond donors (Lipinski definition) is 0. The van der Waals surface area contributed by atoms with E-state index in [2.05, 4.69) is 58.8 Å². The number of rotatable bonds is 3. The van der Waals surface area contributed by atoms with Crippen LogP contribution >= 0.6 is 34.2 Å². The van der Waals surface area contributed by atoms with Gasteiger partial charge in [-0.3, -0.25) is 4.98 Å². The topological polar surface area (TPSA) is 12.9 Å². The molecule has 0 bridgehead atoms. The van der Waals surface area contributed by atoms with Crippen molar-refractivity contribution in [1.82, 2.24) is 4.98 Å². The van der Waals surface area contributed by atoms with Gasteiger partial charge >= 0.3 is 0 Å². The summed E-state index contributed by atoms with van der Waals surface area (Å²) >= 11 is 8.74. The molecule has 0 spiro atoms. The normalized spacial score (nSPS) is 12.4. The quantitative estimate of drug-likeness (QED) is 0.581. The molecule has 2 aromatic rings. The minimum Gasteiger partial charge on any atom is -0.261 e. The van der Waals surface area contributed by atoms with Gasteiger partial charge in [0.2, 0.25) is 0 Å². The van der Waals surface area contributed by atoms with Crippen LogP contribution in [0.25, 0.3) is 0 Å². The second kappa shape index (κ2) is 5.83. The molecule has 0 N–H and O–H groups in total. The zero-order valence-electron chi connectivity index (χ0n) is 9.53. The van der Waals surface area contributed by atoms with Gasteiger partial charge in [-0.2, -0.15) is 0 Å². The third kappa shape index (κ3) is 3.42. The minimum atomic E-state index is -0.0154. The van der Waals surface area contributed by atoms with E-state index in [0.717, 1.165) is 17.7 Å². The Kier molecular flexibility index (Phi) is 4.40. The molecule has 1 aromatic heterocycles. The highest BCUT2D eigenvalue weighted by Crippen LogP contribution is 2.26. The zero-order valence-corrected chi connectivity index (χ0v) is 12.4. The maximum Gasteiger partial charge on any atom is 0.0641 e. The van der Waals surface area contributed by atoms with Crippen molar-refractivity contribution in [1.29, 1.82) is 0 Å². The average molecular weight is 358 g/mol. The van der Waals surface area contributed by atoms with Crippen LogP contribution in [-0.2, 0) is 6.42 Å². The lowest BCUT2D eigenvalue weighted by Gasteiger charge is -2.11. The molecule has 1 aromatic carbocycles. The molecule has 0 aliphatic carbocycles. The van der Waals surface area contributed by atoms with Crippen LogP contribution in [0.4, 0.5) is 0 Å². The summed E-state index contributed by atoms with van der Waals surface area (Å²) in [6, 6.07) is 12.3. The summed E-state index contributed by atoms with van der Waals surface area (Å²) in [6.07, 6.45) is 2.59. The van der Waals surface area contributed by atoms with Crippen LogP contribution in [0.1, 0.15) is 22.2 Å². The van der Waals surface area contributed by atoms with E-state index >= 15 is 0 Å². The molecule has 2 rings (SSSR count). The first-order chi connectivity index (χ1) is 8.16. The molecule has 0 aliphatic heterocycles. The van der Waals surface area contributed by atoms with Crippen molar-refractivity contribution < 1.29 is 0 Å². The molecule has 0 aliphatic rings. The van der Waals surface area contributed by atoms with Gasteiger partial charge in [0.15, 0.2) is 0 Å². The van der Waals surface area contributed by atoms with Crippen molar-refractivity contribution in [3.05, 3.63) is 63.0 Å². The number of alkyl halides is 1. The Morgan fingerprint density at radius 1 is 1.29 bits per heavy atom. The van der Waals surface area contributed by atoms with Gasteiger partial charge in [0.25, 0.3) is 0 Å². The Hall–Kier alpha value is -0.610. The monoisotopic (exact) mass is 357 g/mol. The maximum absolute atomic E-state index is 6.44. The first-order valence-electron chi connectivity index (χ1n) is 5.47. The summed E-state index contributed by atoms with van der Waals surface area (Å²) in [5.41, 5.74) is 3.43. The second-order valence-electron chi connectivity index (χ2n) is 3.99. The van der Waals surface area contributed by atoms with E-state index in [0.29, 0.717) is 0 Å². The molecule has 17 heavy (non-hydrogen) atoms. The largest absolute Gasteiger partial charge is 0.261 e. The Morgan fingerprint density at radius 3 is 2.82 bits per heavy atom. The van der Waals surface area contributed by atoms with Gasteiger partial charge in [-0.15, -0.1) is 11.6 Å².